The summed E-state index contributed by atoms with van der Waals surface area (Å²) < 4.78 is 1.83. The molecule has 1 aliphatic heterocycles. The molecule has 2 N–H and O–H groups in total. The van der Waals surface area contributed by atoms with E-state index in [1.165, 1.54) is 12.1 Å². The highest BCUT2D eigenvalue weighted by Gasteiger charge is 2.19. The number of nitro groups is 1. The standard InChI is InChI=1S/C27H32N8O3/c1-3-34-18-23(25(31-34)19-5-7-20(8-6-19)35(37)38)21-9-11-28-26-22(21)17-24(30-26)27(36)29-10-4-12-33-15-13-32(2)14-16-33/h5-9,11,17-18H,3-4,10,12-16H2,1-2H3,(H,28,30)(H,29,36). The average Bonchev–Trinajstić information content (AvgIpc) is 3.57. The fraction of sp³-hybridized carbons (Fsp3) is 0.370. The van der Waals surface area contributed by atoms with Crippen LogP contribution < -0.4 is 5.32 Å². The largest absolute Gasteiger partial charge is 0.351 e. The first kappa shape index (κ1) is 25.6. The lowest BCUT2D eigenvalue weighted by molar-refractivity contribution is -0.384. The Morgan fingerprint density at radius 1 is 1.13 bits per heavy atom. The fourth-order valence-corrected chi connectivity index (χ4v) is 4.79. The Balaban J connectivity index is 1.35. The molecule has 0 bridgehead atoms. The Kier molecular flexibility index (Phi) is 7.47. The van der Waals surface area contributed by atoms with Crippen LogP contribution in [-0.4, -0.2) is 86.7 Å². The van der Waals surface area contributed by atoms with Crippen LogP contribution in [0.15, 0.2) is 48.8 Å². The van der Waals surface area contributed by atoms with Crippen molar-refractivity contribution in [3.63, 3.8) is 0 Å². The number of nitrogens with one attached hydrogen (secondary N) is 2. The second-order valence-corrected chi connectivity index (χ2v) is 9.61. The summed E-state index contributed by atoms with van der Waals surface area (Å²) in [7, 11) is 2.14. The van der Waals surface area contributed by atoms with Crippen LogP contribution in [0.3, 0.4) is 0 Å². The van der Waals surface area contributed by atoms with Crippen molar-refractivity contribution in [3.05, 3.63) is 64.6 Å². The number of pyridine rings is 1. The van der Waals surface area contributed by atoms with Crippen LogP contribution >= 0.6 is 0 Å². The number of aryl methyl sites for hydroxylation is 1. The van der Waals surface area contributed by atoms with E-state index in [2.05, 4.69) is 32.1 Å². The van der Waals surface area contributed by atoms with Crippen LogP contribution in [0.5, 0.6) is 0 Å². The summed E-state index contributed by atoms with van der Waals surface area (Å²) in [5.74, 6) is -0.160. The van der Waals surface area contributed by atoms with Gasteiger partial charge < -0.3 is 20.1 Å². The number of fused-ring (bicyclic) bond motifs is 1. The van der Waals surface area contributed by atoms with E-state index in [0.29, 0.717) is 30.1 Å². The molecule has 0 aliphatic carbocycles. The predicted octanol–water partition coefficient (Wildman–Crippen LogP) is 3.39. The van der Waals surface area contributed by atoms with Crippen LogP contribution in [0.2, 0.25) is 0 Å². The smallest absolute Gasteiger partial charge is 0.269 e. The number of likely N-dealkylation sites (N-methyl/N-ethyl adjacent to an activating group) is 1. The molecule has 4 aromatic rings. The number of nitro benzene ring substituents is 1. The van der Waals surface area contributed by atoms with Gasteiger partial charge in [0.2, 0.25) is 0 Å². The number of carbonyl (C=O) groups is 1. The summed E-state index contributed by atoms with van der Waals surface area (Å²) in [6.07, 6.45) is 4.55. The zero-order valence-corrected chi connectivity index (χ0v) is 21.7. The van der Waals surface area contributed by atoms with Gasteiger partial charge in [-0.3, -0.25) is 19.6 Å². The minimum atomic E-state index is -0.416. The van der Waals surface area contributed by atoms with Crippen LogP contribution in [-0.2, 0) is 6.54 Å². The fourth-order valence-electron chi connectivity index (χ4n) is 4.79. The minimum absolute atomic E-state index is 0.0290. The third-order valence-corrected chi connectivity index (χ3v) is 7.04. The third-order valence-electron chi connectivity index (χ3n) is 7.04. The van der Waals surface area contributed by atoms with E-state index in [9.17, 15) is 14.9 Å². The topological polar surface area (TPSA) is 125 Å². The van der Waals surface area contributed by atoms with Crippen molar-refractivity contribution in [1.29, 1.82) is 0 Å². The van der Waals surface area contributed by atoms with E-state index >= 15 is 0 Å². The van der Waals surface area contributed by atoms with Crippen LogP contribution in [0.25, 0.3) is 33.4 Å². The molecule has 1 amide bonds. The van der Waals surface area contributed by atoms with Crippen molar-refractivity contribution in [1.82, 2.24) is 34.9 Å². The molecule has 0 saturated carbocycles. The van der Waals surface area contributed by atoms with Crippen molar-refractivity contribution in [2.24, 2.45) is 0 Å². The second kappa shape index (κ2) is 11.1. The number of aromatic nitrogens is 4. The first-order valence-electron chi connectivity index (χ1n) is 12.9. The molecule has 11 nitrogen and oxygen atoms in total. The highest BCUT2D eigenvalue weighted by atomic mass is 16.6. The number of aromatic amines is 1. The van der Waals surface area contributed by atoms with E-state index < -0.39 is 4.92 Å². The number of carbonyl (C=O) groups excluding carboxylic acids is 1. The van der Waals surface area contributed by atoms with Gasteiger partial charge >= 0.3 is 0 Å². The summed E-state index contributed by atoms with van der Waals surface area (Å²) in [6.45, 7) is 8.55. The number of H-pyrrole nitrogens is 1. The van der Waals surface area contributed by atoms with Crippen LogP contribution in [0.4, 0.5) is 5.69 Å². The Hall–Kier alpha value is -4.09. The van der Waals surface area contributed by atoms with Gasteiger partial charge in [0.1, 0.15) is 17.0 Å². The zero-order chi connectivity index (χ0) is 26.6. The number of hydrogen-bond donors (Lipinski definition) is 2. The molecule has 1 fully saturated rings. The van der Waals surface area contributed by atoms with E-state index in [1.807, 2.05) is 29.9 Å². The Morgan fingerprint density at radius 2 is 1.89 bits per heavy atom. The molecule has 0 atom stereocenters. The lowest BCUT2D eigenvalue weighted by atomic mass is 10.00. The number of amides is 1. The lowest BCUT2D eigenvalue weighted by Gasteiger charge is -2.32. The summed E-state index contributed by atoms with van der Waals surface area (Å²) in [6, 6.07) is 10.1. The number of non-ortho nitro benzene ring substituents is 1. The molecule has 0 unspecified atom stereocenters. The summed E-state index contributed by atoms with van der Waals surface area (Å²) in [5, 5.41) is 19.7. The molecule has 0 radical (unpaired) electrons. The van der Waals surface area contributed by atoms with Crippen LogP contribution in [0.1, 0.15) is 23.8 Å². The van der Waals surface area contributed by atoms with Gasteiger partial charge in [0.05, 0.1) is 4.92 Å². The van der Waals surface area contributed by atoms with Gasteiger partial charge in [-0.25, -0.2) is 4.98 Å². The highest BCUT2D eigenvalue weighted by Crippen LogP contribution is 2.35. The molecule has 38 heavy (non-hydrogen) atoms. The van der Waals surface area contributed by atoms with E-state index in [1.54, 1.807) is 18.3 Å². The van der Waals surface area contributed by atoms with Crippen molar-refractivity contribution in [2.45, 2.75) is 19.9 Å². The van der Waals surface area contributed by atoms with Crippen molar-refractivity contribution < 1.29 is 9.72 Å². The average molecular weight is 517 g/mol. The van der Waals surface area contributed by atoms with Crippen molar-refractivity contribution in [2.75, 3.05) is 46.3 Å². The molecule has 198 valence electrons. The number of hydrogen-bond acceptors (Lipinski definition) is 7. The van der Waals surface area contributed by atoms with Gasteiger partial charge in [0, 0.05) is 80.3 Å². The van der Waals surface area contributed by atoms with Gasteiger partial charge in [-0.2, -0.15) is 5.10 Å². The highest BCUT2D eigenvalue weighted by molar-refractivity contribution is 6.03. The van der Waals surface area contributed by atoms with Gasteiger partial charge in [0.25, 0.3) is 11.6 Å². The number of nitrogens with zero attached hydrogens (tertiary/aromatic N) is 6. The SMILES string of the molecule is CCn1cc(-c2ccnc3[nH]c(C(=O)NCCCN4CCN(C)CC4)cc23)c(-c2ccc([N+](=O)[O-])cc2)n1. The molecular formula is C27H32N8O3. The number of piperazine rings is 1. The summed E-state index contributed by atoms with van der Waals surface area (Å²) >= 11 is 0. The molecular weight excluding hydrogens is 484 g/mol. The summed E-state index contributed by atoms with van der Waals surface area (Å²) in [4.78, 5) is 36.0. The zero-order valence-electron chi connectivity index (χ0n) is 21.7. The van der Waals surface area contributed by atoms with Crippen LogP contribution in [0, 0.1) is 10.1 Å². The summed E-state index contributed by atoms with van der Waals surface area (Å²) in [5.41, 5.74) is 4.34. The monoisotopic (exact) mass is 516 g/mol. The molecule has 1 aromatic carbocycles. The van der Waals surface area contributed by atoms with Gasteiger partial charge in [-0.1, -0.05) is 0 Å². The third kappa shape index (κ3) is 5.43. The Labute approximate surface area is 220 Å². The quantitative estimate of drug-likeness (QED) is 0.198. The first-order valence-corrected chi connectivity index (χ1v) is 12.9. The molecule has 0 spiro atoms. The molecule has 11 heteroatoms. The molecule has 3 aromatic heterocycles. The maximum absolute atomic E-state index is 12.9. The van der Waals surface area contributed by atoms with E-state index in [0.717, 1.165) is 61.2 Å². The first-order chi connectivity index (χ1) is 18.4. The van der Waals surface area contributed by atoms with Gasteiger partial charge in [-0.05, 0) is 56.8 Å². The predicted molar refractivity (Wildman–Crippen MR) is 146 cm³/mol. The molecule has 1 saturated heterocycles. The van der Waals surface area contributed by atoms with Crippen molar-refractivity contribution >= 4 is 22.6 Å². The Bertz CT molecular complexity index is 1430. The van der Waals surface area contributed by atoms with E-state index in [-0.39, 0.29) is 11.6 Å². The normalized spacial score (nSPS) is 14.7. The van der Waals surface area contributed by atoms with Gasteiger partial charge in [-0.15, -0.1) is 0 Å². The molecule has 1 aliphatic rings. The number of rotatable bonds is 9. The molecule has 5 rings (SSSR count). The maximum Gasteiger partial charge on any atom is 0.269 e. The Morgan fingerprint density at radius 3 is 2.61 bits per heavy atom. The van der Waals surface area contributed by atoms with Gasteiger partial charge in [0.15, 0.2) is 0 Å². The minimum Gasteiger partial charge on any atom is -0.351 e. The lowest BCUT2D eigenvalue weighted by Crippen LogP contribution is -2.45. The van der Waals surface area contributed by atoms with E-state index in [4.69, 9.17) is 5.10 Å². The second-order valence-electron chi connectivity index (χ2n) is 9.61. The maximum atomic E-state index is 12.9. The molecule has 4 heterocycles. The number of benzene rings is 1. The van der Waals surface area contributed by atoms with Crippen molar-refractivity contribution in [3.8, 4) is 22.4 Å².